The summed E-state index contributed by atoms with van der Waals surface area (Å²) in [4.78, 5) is 23.0. The van der Waals surface area contributed by atoms with E-state index in [-0.39, 0.29) is 5.91 Å². The van der Waals surface area contributed by atoms with Crippen molar-refractivity contribution in [2.75, 3.05) is 19.0 Å². The zero-order chi connectivity index (χ0) is 17.6. The highest BCUT2D eigenvalue weighted by atomic mass is 16.1. The fourth-order valence-corrected chi connectivity index (χ4v) is 2.53. The monoisotopic (exact) mass is 332 g/mol. The molecule has 0 unspecified atom stereocenters. The Hall–Kier alpha value is -3.21. The van der Waals surface area contributed by atoms with Gasteiger partial charge in [0.25, 0.3) is 5.91 Å². The van der Waals surface area contributed by atoms with Crippen molar-refractivity contribution in [3.63, 3.8) is 0 Å². The average Bonchev–Trinajstić information content (AvgIpc) is 2.67. The molecule has 0 fully saturated rings. The van der Waals surface area contributed by atoms with E-state index in [1.807, 2.05) is 67.5 Å². The molecule has 0 aliphatic carbocycles. The van der Waals surface area contributed by atoms with Crippen LogP contribution in [0.15, 0.2) is 67.1 Å². The second-order valence-electron chi connectivity index (χ2n) is 5.88. The van der Waals surface area contributed by atoms with Crippen LogP contribution in [-0.4, -0.2) is 30.0 Å². The smallest absolute Gasteiger partial charge is 0.251 e. The summed E-state index contributed by atoms with van der Waals surface area (Å²) in [5.41, 5.74) is 4.41. The lowest BCUT2D eigenvalue weighted by Crippen LogP contribution is -2.23. The molecule has 5 heteroatoms. The average molecular weight is 332 g/mol. The van der Waals surface area contributed by atoms with Crippen molar-refractivity contribution in [1.29, 1.82) is 0 Å². The maximum absolute atomic E-state index is 12.4. The van der Waals surface area contributed by atoms with E-state index in [1.54, 1.807) is 18.6 Å². The van der Waals surface area contributed by atoms with Crippen LogP contribution in [0.3, 0.4) is 0 Å². The van der Waals surface area contributed by atoms with Crippen molar-refractivity contribution in [3.05, 3.63) is 78.2 Å². The Bertz CT molecular complexity index is 845. The molecule has 1 N–H and O–H groups in total. The number of hydrogen-bond donors (Lipinski definition) is 1. The summed E-state index contributed by atoms with van der Waals surface area (Å²) in [6.07, 6.45) is 5.24. The van der Waals surface area contributed by atoms with Crippen molar-refractivity contribution in [2.24, 2.45) is 0 Å². The summed E-state index contributed by atoms with van der Waals surface area (Å²) < 4.78 is 0. The largest absolute Gasteiger partial charge is 0.378 e. The number of amides is 1. The topological polar surface area (TPSA) is 58.1 Å². The molecule has 1 aromatic carbocycles. The number of aromatic nitrogens is 2. The van der Waals surface area contributed by atoms with Crippen molar-refractivity contribution in [2.45, 2.75) is 6.54 Å². The van der Waals surface area contributed by atoms with Crippen LogP contribution in [0.25, 0.3) is 11.3 Å². The third kappa shape index (κ3) is 4.01. The van der Waals surface area contributed by atoms with Crippen LogP contribution in [0.5, 0.6) is 0 Å². The van der Waals surface area contributed by atoms with Crippen LogP contribution >= 0.6 is 0 Å². The number of benzene rings is 1. The first-order chi connectivity index (χ1) is 12.1. The molecule has 5 nitrogen and oxygen atoms in total. The molecule has 0 bridgehead atoms. The number of pyridine rings is 2. The number of anilines is 1. The lowest BCUT2D eigenvalue weighted by molar-refractivity contribution is 0.0951. The van der Waals surface area contributed by atoms with E-state index in [9.17, 15) is 4.79 Å². The van der Waals surface area contributed by atoms with Crippen LogP contribution in [0.4, 0.5) is 5.69 Å². The lowest BCUT2D eigenvalue weighted by atomic mass is 10.1. The van der Waals surface area contributed by atoms with Gasteiger partial charge in [0.05, 0.1) is 5.69 Å². The van der Waals surface area contributed by atoms with Gasteiger partial charge in [-0.05, 0) is 48.0 Å². The van der Waals surface area contributed by atoms with Crippen molar-refractivity contribution >= 4 is 11.6 Å². The Morgan fingerprint density at radius 2 is 1.80 bits per heavy atom. The predicted molar refractivity (Wildman–Crippen MR) is 99.4 cm³/mol. The van der Waals surface area contributed by atoms with Gasteiger partial charge in [0, 0.05) is 56.0 Å². The van der Waals surface area contributed by atoms with E-state index >= 15 is 0 Å². The summed E-state index contributed by atoms with van der Waals surface area (Å²) in [6.45, 7) is 0.409. The molecule has 25 heavy (non-hydrogen) atoms. The highest BCUT2D eigenvalue weighted by molar-refractivity contribution is 5.94. The number of rotatable bonds is 5. The molecule has 0 saturated carbocycles. The molecular weight excluding hydrogens is 312 g/mol. The van der Waals surface area contributed by atoms with Gasteiger partial charge in [0.1, 0.15) is 0 Å². The lowest BCUT2D eigenvalue weighted by Gasteiger charge is -2.13. The molecule has 3 rings (SSSR count). The third-order valence-electron chi connectivity index (χ3n) is 3.91. The zero-order valence-electron chi connectivity index (χ0n) is 14.3. The molecule has 0 atom stereocenters. The third-order valence-corrected chi connectivity index (χ3v) is 3.91. The molecule has 0 aliphatic heterocycles. The molecular formula is C20H20N4O. The van der Waals surface area contributed by atoms with Crippen LogP contribution in [-0.2, 0) is 6.54 Å². The first-order valence-corrected chi connectivity index (χ1v) is 8.05. The summed E-state index contributed by atoms with van der Waals surface area (Å²) in [5.74, 6) is -0.105. The summed E-state index contributed by atoms with van der Waals surface area (Å²) in [7, 11) is 3.94. The molecule has 2 heterocycles. The molecule has 0 radical (unpaired) electrons. The summed E-state index contributed by atoms with van der Waals surface area (Å²) >= 11 is 0. The molecule has 3 aromatic rings. The zero-order valence-corrected chi connectivity index (χ0v) is 14.3. The molecule has 0 aliphatic rings. The number of nitrogens with one attached hydrogen (secondary N) is 1. The van der Waals surface area contributed by atoms with Gasteiger partial charge < -0.3 is 10.2 Å². The summed E-state index contributed by atoms with van der Waals surface area (Å²) in [5, 5.41) is 2.96. The SMILES string of the molecule is CN(C)c1ccc(C(=O)NCc2cccnc2-c2cccnc2)cc1. The Kier molecular flexibility index (Phi) is 5.04. The first-order valence-electron chi connectivity index (χ1n) is 8.05. The predicted octanol–water partition coefficient (Wildman–Crippen LogP) is 3.14. The number of carbonyl (C=O) groups excluding carboxylic acids is 1. The molecule has 1 amide bonds. The van der Waals surface area contributed by atoms with Crippen LogP contribution in [0, 0.1) is 0 Å². The maximum Gasteiger partial charge on any atom is 0.251 e. The molecule has 0 spiro atoms. The van der Waals surface area contributed by atoms with Gasteiger partial charge >= 0.3 is 0 Å². The maximum atomic E-state index is 12.4. The van der Waals surface area contributed by atoms with E-state index in [0.717, 1.165) is 22.5 Å². The molecule has 2 aromatic heterocycles. The normalized spacial score (nSPS) is 10.3. The van der Waals surface area contributed by atoms with E-state index in [4.69, 9.17) is 0 Å². The number of carbonyl (C=O) groups is 1. The minimum absolute atomic E-state index is 0.105. The van der Waals surface area contributed by atoms with Gasteiger partial charge in [-0.3, -0.25) is 14.8 Å². The van der Waals surface area contributed by atoms with Crippen LogP contribution in [0.1, 0.15) is 15.9 Å². The van der Waals surface area contributed by atoms with Gasteiger partial charge in [0.2, 0.25) is 0 Å². The highest BCUT2D eigenvalue weighted by Crippen LogP contribution is 2.20. The second-order valence-corrected chi connectivity index (χ2v) is 5.88. The standard InChI is InChI=1S/C20H20N4O/c1-24(2)18-9-7-15(8-10-18)20(25)23-14-17-6-4-12-22-19(17)16-5-3-11-21-13-16/h3-13H,14H2,1-2H3,(H,23,25). The minimum Gasteiger partial charge on any atom is -0.378 e. The minimum atomic E-state index is -0.105. The Labute approximate surface area is 147 Å². The van der Waals surface area contributed by atoms with Gasteiger partial charge in [-0.15, -0.1) is 0 Å². The number of nitrogens with zero attached hydrogens (tertiary/aromatic N) is 3. The van der Waals surface area contributed by atoms with Gasteiger partial charge in [-0.25, -0.2) is 0 Å². The summed E-state index contributed by atoms with van der Waals surface area (Å²) in [6, 6.07) is 15.2. The first kappa shape index (κ1) is 16.6. The second kappa shape index (κ2) is 7.57. The van der Waals surface area contributed by atoms with Gasteiger partial charge in [-0.1, -0.05) is 6.07 Å². The van der Waals surface area contributed by atoms with Crippen molar-refractivity contribution < 1.29 is 4.79 Å². The Morgan fingerprint density at radius 3 is 2.48 bits per heavy atom. The number of hydrogen-bond acceptors (Lipinski definition) is 4. The molecule has 126 valence electrons. The van der Waals surface area contributed by atoms with Crippen LogP contribution in [0.2, 0.25) is 0 Å². The quantitative estimate of drug-likeness (QED) is 0.780. The van der Waals surface area contributed by atoms with E-state index in [0.29, 0.717) is 12.1 Å². The van der Waals surface area contributed by atoms with Gasteiger partial charge in [-0.2, -0.15) is 0 Å². The highest BCUT2D eigenvalue weighted by Gasteiger charge is 2.09. The van der Waals surface area contributed by atoms with Crippen molar-refractivity contribution in [3.8, 4) is 11.3 Å². The Balaban J connectivity index is 1.73. The van der Waals surface area contributed by atoms with Gasteiger partial charge in [0.15, 0.2) is 0 Å². The molecule has 0 saturated heterocycles. The van der Waals surface area contributed by atoms with E-state index in [1.165, 1.54) is 0 Å². The van der Waals surface area contributed by atoms with Crippen LogP contribution < -0.4 is 10.2 Å². The van der Waals surface area contributed by atoms with E-state index in [2.05, 4.69) is 15.3 Å². The Morgan fingerprint density at radius 1 is 1.04 bits per heavy atom. The van der Waals surface area contributed by atoms with E-state index < -0.39 is 0 Å². The fraction of sp³-hybridized carbons (Fsp3) is 0.150. The van der Waals surface area contributed by atoms with Crippen molar-refractivity contribution in [1.82, 2.24) is 15.3 Å². The fourth-order valence-electron chi connectivity index (χ4n) is 2.53.